The summed E-state index contributed by atoms with van der Waals surface area (Å²) in [5.41, 5.74) is 3.26. The summed E-state index contributed by atoms with van der Waals surface area (Å²) in [7, 11) is 1.62. The Kier molecular flexibility index (Phi) is 5.93. The first-order chi connectivity index (χ1) is 12.2. The van der Waals surface area contributed by atoms with Crippen LogP contribution in [0.2, 0.25) is 0 Å². The average molecular weight is 362 g/mol. The number of rotatable bonds is 8. The summed E-state index contributed by atoms with van der Waals surface area (Å²) in [5.74, 6) is 0.0906. The van der Waals surface area contributed by atoms with Crippen molar-refractivity contribution in [3.8, 4) is 0 Å². The Balaban J connectivity index is 1.55. The molecule has 0 unspecified atom stereocenters. The standard InChI is InChI=1S/C17H22N4O3S/c1-24-9-3-8-21-16(23)19-20-17(21)25-11-15(22)18-14-7-6-12-4-2-5-13(12)10-14/h6-7,10H,2-5,8-9,11H2,1H3,(H,18,22)(H,19,23). The van der Waals surface area contributed by atoms with Crippen molar-refractivity contribution in [1.82, 2.24) is 14.8 Å². The van der Waals surface area contributed by atoms with Crippen LogP contribution in [0, 0.1) is 0 Å². The van der Waals surface area contributed by atoms with Crippen molar-refractivity contribution >= 4 is 23.4 Å². The van der Waals surface area contributed by atoms with Gasteiger partial charge in [-0.15, -0.1) is 5.10 Å². The first kappa shape index (κ1) is 17.8. The van der Waals surface area contributed by atoms with Gasteiger partial charge in [-0.05, 0) is 48.9 Å². The third-order valence-electron chi connectivity index (χ3n) is 4.17. The molecule has 0 bridgehead atoms. The van der Waals surface area contributed by atoms with Gasteiger partial charge in [0.2, 0.25) is 5.91 Å². The lowest BCUT2D eigenvalue weighted by Gasteiger charge is -2.08. The molecule has 0 aliphatic heterocycles. The Morgan fingerprint density at radius 3 is 3.08 bits per heavy atom. The molecule has 0 saturated carbocycles. The quantitative estimate of drug-likeness (QED) is 0.552. The number of methoxy groups -OCH3 is 1. The van der Waals surface area contributed by atoms with Crippen LogP contribution in [0.15, 0.2) is 28.2 Å². The van der Waals surface area contributed by atoms with Crippen molar-refractivity contribution < 1.29 is 9.53 Å². The number of hydrogen-bond donors (Lipinski definition) is 2. The first-order valence-electron chi connectivity index (χ1n) is 8.36. The molecule has 0 spiro atoms. The van der Waals surface area contributed by atoms with Gasteiger partial charge in [0.1, 0.15) is 0 Å². The van der Waals surface area contributed by atoms with Crippen LogP contribution in [0.4, 0.5) is 5.69 Å². The number of H-pyrrole nitrogens is 1. The van der Waals surface area contributed by atoms with E-state index in [0.717, 1.165) is 18.5 Å². The predicted molar refractivity (Wildman–Crippen MR) is 97.2 cm³/mol. The number of fused-ring (bicyclic) bond motifs is 1. The highest BCUT2D eigenvalue weighted by molar-refractivity contribution is 7.99. The van der Waals surface area contributed by atoms with Gasteiger partial charge >= 0.3 is 5.69 Å². The predicted octanol–water partition coefficient (Wildman–Crippen LogP) is 1.83. The second kappa shape index (κ2) is 8.35. The zero-order chi connectivity index (χ0) is 17.6. The average Bonchev–Trinajstić information content (AvgIpc) is 3.20. The van der Waals surface area contributed by atoms with Crippen LogP contribution in [0.3, 0.4) is 0 Å². The number of aromatic nitrogens is 3. The minimum atomic E-state index is -0.266. The van der Waals surface area contributed by atoms with E-state index in [4.69, 9.17) is 4.74 Å². The topological polar surface area (TPSA) is 89.0 Å². The van der Waals surface area contributed by atoms with Crippen molar-refractivity contribution in [2.75, 3.05) is 24.8 Å². The van der Waals surface area contributed by atoms with Crippen LogP contribution >= 0.6 is 11.8 Å². The molecule has 25 heavy (non-hydrogen) atoms. The Bertz CT molecular complexity index is 799. The summed E-state index contributed by atoms with van der Waals surface area (Å²) < 4.78 is 6.53. The number of aryl methyl sites for hydroxylation is 2. The number of nitrogens with zero attached hydrogens (tertiary/aromatic N) is 2. The van der Waals surface area contributed by atoms with E-state index in [9.17, 15) is 9.59 Å². The number of amides is 1. The molecule has 1 aromatic heterocycles. The fraction of sp³-hybridized carbons (Fsp3) is 0.471. The van der Waals surface area contributed by atoms with Crippen molar-refractivity contribution in [2.24, 2.45) is 0 Å². The lowest BCUT2D eigenvalue weighted by atomic mass is 10.1. The number of hydrogen-bond acceptors (Lipinski definition) is 5. The van der Waals surface area contributed by atoms with Crippen LogP contribution < -0.4 is 11.0 Å². The number of carbonyl (C=O) groups is 1. The van der Waals surface area contributed by atoms with Crippen molar-refractivity contribution in [3.63, 3.8) is 0 Å². The molecule has 1 heterocycles. The fourth-order valence-electron chi connectivity index (χ4n) is 2.95. The van der Waals surface area contributed by atoms with Gasteiger partial charge in [0, 0.05) is 25.9 Å². The second-order valence-electron chi connectivity index (χ2n) is 5.98. The summed E-state index contributed by atoms with van der Waals surface area (Å²) in [5, 5.41) is 9.85. The normalized spacial score (nSPS) is 13.0. The maximum absolute atomic E-state index is 12.2. The molecule has 1 aromatic carbocycles. The zero-order valence-corrected chi connectivity index (χ0v) is 15.0. The number of nitrogens with one attached hydrogen (secondary N) is 2. The van der Waals surface area contributed by atoms with Gasteiger partial charge in [0.15, 0.2) is 5.16 Å². The second-order valence-corrected chi connectivity index (χ2v) is 6.93. The molecule has 3 rings (SSSR count). The molecular weight excluding hydrogens is 340 g/mol. The number of carbonyl (C=O) groups excluding carboxylic acids is 1. The van der Waals surface area contributed by atoms with Crippen LogP contribution in [-0.2, 0) is 28.9 Å². The first-order valence-corrected chi connectivity index (χ1v) is 9.34. The Hall–Kier alpha value is -2.06. The Labute approximate surface area is 150 Å². The van der Waals surface area contributed by atoms with Gasteiger partial charge in [-0.1, -0.05) is 17.8 Å². The zero-order valence-electron chi connectivity index (χ0n) is 14.2. The van der Waals surface area contributed by atoms with Gasteiger partial charge in [-0.2, -0.15) is 0 Å². The van der Waals surface area contributed by atoms with Crippen LogP contribution in [0.5, 0.6) is 0 Å². The molecule has 2 aromatic rings. The molecule has 1 aliphatic carbocycles. The van der Waals surface area contributed by atoms with E-state index in [1.54, 1.807) is 7.11 Å². The smallest absolute Gasteiger partial charge is 0.343 e. The number of aromatic amines is 1. The van der Waals surface area contributed by atoms with E-state index in [1.165, 1.54) is 33.9 Å². The summed E-state index contributed by atoms with van der Waals surface area (Å²) >= 11 is 1.25. The molecule has 0 fully saturated rings. The summed E-state index contributed by atoms with van der Waals surface area (Å²) in [6, 6.07) is 6.09. The van der Waals surface area contributed by atoms with Crippen LogP contribution in [0.25, 0.3) is 0 Å². The van der Waals surface area contributed by atoms with Crippen molar-refractivity contribution in [2.45, 2.75) is 37.4 Å². The molecule has 0 atom stereocenters. The van der Waals surface area contributed by atoms with E-state index in [1.807, 2.05) is 6.07 Å². The van der Waals surface area contributed by atoms with Crippen molar-refractivity contribution in [3.05, 3.63) is 39.8 Å². The molecule has 1 aliphatic rings. The number of ether oxygens (including phenoxy) is 1. The monoisotopic (exact) mass is 362 g/mol. The van der Waals surface area contributed by atoms with Gasteiger partial charge in [0.25, 0.3) is 0 Å². The lowest BCUT2D eigenvalue weighted by Crippen LogP contribution is -2.19. The minimum Gasteiger partial charge on any atom is -0.385 e. The highest BCUT2D eigenvalue weighted by Crippen LogP contribution is 2.25. The third kappa shape index (κ3) is 4.52. The third-order valence-corrected chi connectivity index (χ3v) is 5.14. The maximum atomic E-state index is 12.2. The van der Waals surface area contributed by atoms with E-state index in [0.29, 0.717) is 24.7 Å². The highest BCUT2D eigenvalue weighted by Gasteiger charge is 2.14. The van der Waals surface area contributed by atoms with Crippen LogP contribution in [-0.4, -0.2) is 40.1 Å². The van der Waals surface area contributed by atoms with E-state index >= 15 is 0 Å². The maximum Gasteiger partial charge on any atom is 0.343 e. The molecule has 134 valence electrons. The van der Waals surface area contributed by atoms with E-state index < -0.39 is 0 Å². The van der Waals surface area contributed by atoms with Gasteiger partial charge in [-0.25, -0.2) is 9.89 Å². The van der Waals surface area contributed by atoms with Gasteiger partial charge in [0.05, 0.1) is 5.75 Å². The molecule has 8 heteroatoms. The number of thioether (sulfide) groups is 1. The van der Waals surface area contributed by atoms with Gasteiger partial charge < -0.3 is 10.1 Å². The molecule has 0 radical (unpaired) electrons. The van der Waals surface area contributed by atoms with E-state index in [-0.39, 0.29) is 17.3 Å². The Morgan fingerprint density at radius 1 is 1.40 bits per heavy atom. The number of anilines is 1. The summed E-state index contributed by atoms with van der Waals surface area (Å²) in [6.07, 6.45) is 4.10. The molecule has 7 nitrogen and oxygen atoms in total. The SMILES string of the molecule is COCCCn1c(SCC(=O)Nc2ccc3c(c2)CCC3)n[nH]c1=O. The van der Waals surface area contributed by atoms with Crippen LogP contribution in [0.1, 0.15) is 24.0 Å². The summed E-state index contributed by atoms with van der Waals surface area (Å²) in [6.45, 7) is 1.08. The fourth-order valence-corrected chi connectivity index (χ4v) is 3.73. The number of benzene rings is 1. The van der Waals surface area contributed by atoms with E-state index in [2.05, 4.69) is 27.6 Å². The molecular formula is C17H22N4O3S. The molecule has 0 saturated heterocycles. The molecule has 1 amide bonds. The largest absolute Gasteiger partial charge is 0.385 e. The Morgan fingerprint density at radius 2 is 2.24 bits per heavy atom. The summed E-state index contributed by atoms with van der Waals surface area (Å²) in [4.78, 5) is 24.0. The van der Waals surface area contributed by atoms with Gasteiger partial charge in [-0.3, -0.25) is 9.36 Å². The minimum absolute atomic E-state index is 0.109. The highest BCUT2D eigenvalue weighted by atomic mass is 32.2. The molecule has 2 N–H and O–H groups in total. The lowest BCUT2D eigenvalue weighted by molar-refractivity contribution is -0.113. The van der Waals surface area contributed by atoms with Crippen molar-refractivity contribution in [1.29, 1.82) is 0 Å².